The van der Waals surface area contributed by atoms with Gasteiger partial charge in [0, 0.05) is 5.39 Å². The van der Waals surface area contributed by atoms with Crippen molar-refractivity contribution in [2.24, 2.45) is 0 Å². The summed E-state index contributed by atoms with van der Waals surface area (Å²) >= 11 is 0. The van der Waals surface area contributed by atoms with Gasteiger partial charge in [-0.2, -0.15) is 9.78 Å². The van der Waals surface area contributed by atoms with E-state index in [4.69, 9.17) is 0 Å². The minimum absolute atomic E-state index is 0.0845. The standard InChI is InChI=1S/C15H12N2O/c1-11-5-4-7-13(9-11)17-15(18)14-8-3-2-6-12(14)10-16-17/h2-10H,1H3. The number of rotatable bonds is 1. The number of hydrogen-bond donors (Lipinski definition) is 0. The topological polar surface area (TPSA) is 34.9 Å². The van der Waals surface area contributed by atoms with Crippen LogP contribution in [0.25, 0.3) is 16.5 Å². The molecule has 2 aromatic carbocycles. The van der Waals surface area contributed by atoms with Crippen LogP contribution in [-0.2, 0) is 0 Å². The van der Waals surface area contributed by atoms with Gasteiger partial charge < -0.3 is 0 Å². The Bertz CT molecular complexity index is 775. The Balaban J connectivity index is 2.31. The van der Waals surface area contributed by atoms with Crippen molar-refractivity contribution in [2.75, 3.05) is 0 Å². The number of fused-ring (bicyclic) bond motifs is 1. The molecule has 0 atom stereocenters. The van der Waals surface area contributed by atoms with E-state index in [0.29, 0.717) is 5.39 Å². The average Bonchev–Trinajstić information content (AvgIpc) is 2.39. The van der Waals surface area contributed by atoms with Gasteiger partial charge in [-0.15, -0.1) is 0 Å². The lowest BCUT2D eigenvalue weighted by Gasteiger charge is -2.06. The Hall–Kier alpha value is -2.42. The zero-order valence-corrected chi connectivity index (χ0v) is 10.00. The van der Waals surface area contributed by atoms with Crippen molar-refractivity contribution >= 4 is 10.8 Å². The van der Waals surface area contributed by atoms with Crippen LogP contribution < -0.4 is 5.56 Å². The number of benzene rings is 2. The number of aromatic nitrogens is 2. The molecule has 0 aliphatic heterocycles. The second kappa shape index (κ2) is 4.11. The summed E-state index contributed by atoms with van der Waals surface area (Å²) in [6.45, 7) is 2.00. The third kappa shape index (κ3) is 1.70. The summed E-state index contributed by atoms with van der Waals surface area (Å²) in [5, 5.41) is 5.78. The third-order valence-electron chi connectivity index (χ3n) is 2.94. The van der Waals surface area contributed by atoms with Crippen molar-refractivity contribution in [3.8, 4) is 5.69 Å². The van der Waals surface area contributed by atoms with E-state index in [1.54, 1.807) is 6.20 Å². The van der Waals surface area contributed by atoms with Gasteiger partial charge in [-0.3, -0.25) is 4.79 Å². The molecule has 0 aliphatic rings. The second-order valence-electron chi connectivity index (χ2n) is 4.29. The first-order chi connectivity index (χ1) is 8.75. The minimum atomic E-state index is -0.0845. The minimum Gasteiger partial charge on any atom is -0.267 e. The fourth-order valence-corrected chi connectivity index (χ4v) is 2.03. The molecule has 0 saturated heterocycles. The number of aryl methyl sites for hydroxylation is 1. The van der Waals surface area contributed by atoms with Crippen LogP contribution in [0.15, 0.2) is 59.5 Å². The molecule has 0 spiro atoms. The molecule has 3 heteroatoms. The van der Waals surface area contributed by atoms with Crippen LogP contribution in [0, 0.1) is 6.92 Å². The van der Waals surface area contributed by atoms with Crippen molar-refractivity contribution in [1.29, 1.82) is 0 Å². The molecular weight excluding hydrogens is 224 g/mol. The molecule has 3 nitrogen and oxygen atoms in total. The molecule has 0 unspecified atom stereocenters. The van der Waals surface area contributed by atoms with Gasteiger partial charge in [0.2, 0.25) is 0 Å². The SMILES string of the molecule is Cc1cccc(-n2ncc3ccccc3c2=O)c1. The average molecular weight is 236 g/mol. The van der Waals surface area contributed by atoms with Gasteiger partial charge in [-0.25, -0.2) is 0 Å². The zero-order valence-electron chi connectivity index (χ0n) is 10.00. The van der Waals surface area contributed by atoms with Gasteiger partial charge in [0.1, 0.15) is 0 Å². The molecule has 1 aromatic heterocycles. The van der Waals surface area contributed by atoms with Gasteiger partial charge in [-0.1, -0.05) is 30.3 Å². The maximum atomic E-state index is 12.3. The molecule has 18 heavy (non-hydrogen) atoms. The van der Waals surface area contributed by atoms with Crippen molar-refractivity contribution in [3.63, 3.8) is 0 Å². The van der Waals surface area contributed by atoms with Crippen LogP contribution >= 0.6 is 0 Å². The summed E-state index contributed by atoms with van der Waals surface area (Å²) in [6.07, 6.45) is 1.72. The highest BCUT2D eigenvalue weighted by molar-refractivity contribution is 5.80. The maximum absolute atomic E-state index is 12.3. The molecular formula is C15H12N2O. The second-order valence-corrected chi connectivity index (χ2v) is 4.29. The van der Waals surface area contributed by atoms with E-state index in [-0.39, 0.29) is 5.56 Å². The van der Waals surface area contributed by atoms with E-state index in [9.17, 15) is 4.79 Å². The van der Waals surface area contributed by atoms with Gasteiger partial charge in [0.25, 0.3) is 5.56 Å². The summed E-state index contributed by atoms with van der Waals surface area (Å²) in [7, 11) is 0. The van der Waals surface area contributed by atoms with E-state index in [1.807, 2.05) is 55.5 Å². The molecule has 0 radical (unpaired) electrons. The van der Waals surface area contributed by atoms with Crippen LogP contribution in [-0.4, -0.2) is 9.78 Å². The first-order valence-corrected chi connectivity index (χ1v) is 5.80. The maximum Gasteiger partial charge on any atom is 0.279 e. The fourth-order valence-electron chi connectivity index (χ4n) is 2.03. The first-order valence-electron chi connectivity index (χ1n) is 5.80. The Morgan fingerprint density at radius 2 is 1.89 bits per heavy atom. The molecule has 88 valence electrons. The molecule has 0 bridgehead atoms. The first kappa shape index (κ1) is 10.7. The lowest BCUT2D eigenvalue weighted by atomic mass is 10.2. The van der Waals surface area contributed by atoms with Crippen molar-refractivity contribution in [2.45, 2.75) is 6.92 Å². The molecule has 0 fully saturated rings. The molecule has 1 heterocycles. The molecule has 3 aromatic rings. The van der Waals surface area contributed by atoms with E-state index in [0.717, 1.165) is 16.6 Å². The van der Waals surface area contributed by atoms with E-state index in [2.05, 4.69) is 5.10 Å². The quantitative estimate of drug-likeness (QED) is 0.651. The van der Waals surface area contributed by atoms with Gasteiger partial charge >= 0.3 is 0 Å². The molecule has 0 saturated carbocycles. The van der Waals surface area contributed by atoms with Crippen LogP contribution in [0.2, 0.25) is 0 Å². The Labute approximate surface area is 104 Å². The van der Waals surface area contributed by atoms with Crippen LogP contribution in [0.5, 0.6) is 0 Å². The van der Waals surface area contributed by atoms with E-state index >= 15 is 0 Å². The molecule has 0 N–H and O–H groups in total. The van der Waals surface area contributed by atoms with Crippen molar-refractivity contribution < 1.29 is 0 Å². The van der Waals surface area contributed by atoms with Gasteiger partial charge in [0.05, 0.1) is 17.3 Å². The van der Waals surface area contributed by atoms with E-state index < -0.39 is 0 Å². The Kier molecular flexibility index (Phi) is 2.45. The van der Waals surface area contributed by atoms with E-state index in [1.165, 1.54) is 4.68 Å². The van der Waals surface area contributed by atoms with Crippen LogP contribution in [0.4, 0.5) is 0 Å². The normalized spacial score (nSPS) is 10.7. The summed E-state index contributed by atoms with van der Waals surface area (Å²) in [5.41, 5.74) is 1.82. The summed E-state index contributed by atoms with van der Waals surface area (Å²) in [6, 6.07) is 15.2. The summed E-state index contributed by atoms with van der Waals surface area (Å²) < 4.78 is 1.44. The lowest BCUT2D eigenvalue weighted by Crippen LogP contribution is -2.20. The molecule has 3 rings (SSSR count). The predicted octanol–water partition coefficient (Wildman–Crippen LogP) is 2.69. The predicted molar refractivity (Wildman–Crippen MR) is 72.1 cm³/mol. The lowest BCUT2D eigenvalue weighted by molar-refractivity contribution is 0.820. The third-order valence-corrected chi connectivity index (χ3v) is 2.94. The Morgan fingerprint density at radius 1 is 1.06 bits per heavy atom. The summed E-state index contributed by atoms with van der Waals surface area (Å²) in [5.74, 6) is 0. The van der Waals surface area contributed by atoms with Gasteiger partial charge in [0.15, 0.2) is 0 Å². The van der Waals surface area contributed by atoms with Crippen molar-refractivity contribution in [1.82, 2.24) is 9.78 Å². The molecule has 0 amide bonds. The zero-order chi connectivity index (χ0) is 12.5. The highest BCUT2D eigenvalue weighted by Gasteiger charge is 2.05. The van der Waals surface area contributed by atoms with Crippen molar-refractivity contribution in [3.05, 3.63) is 70.6 Å². The largest absolute Gasteiger partial charge is 0.279 e. The van der Waals surface area contributed by atoms with Crippen LogP contribution in [0.1, 0.15) is 5.56 Å². The Morgan fingerprint density at radius 3 is 2.72 bits per heavy atom. The molecule has 0 aliphatic carbocycles. The smallest absolute Gasteiger partial charge is 0.267 e. The highest BCUT2D eigenvalue weighted by atomic mass is 16.1. The number of hydrogen-bond acceptors (Lipinski definition) is 2. The highest BCUT2D eigenvalue weighted by Crippen LogP contribution is 2.10. The fraction of sp³-hybridized carbons (Fsp3) is 0.0667. The summed E-state index contributed by atoms with van der Waals surface area (Å²) in [4.78, 5) is 12.3. The monoisotopic (exact) mass is 236 g/mol. The van der Waals surface area contributed by atoms with Gasteiger partial charge in [-0.05, 0) is 30.7 Å². The number of nitrogens with zero attached hydrogens (tertiary/aromatic N) is 2. The van der Waals surface area contributed by atoms with Crippen LogP contribution in [0.3, 0.4) is 0 Å².